The van der Waals surface area contributed by atoms with Gasteiger partial charge in [-0.05, 0) is 60.5 Å². The molecule has 1 aliphatic heterocycles. The van der Waals surface area contributed by atoms with E-state index in [1.54, 1.807) is 20.9 Å². The molecule has 0 atom stereocenters. The fraction of sp³-hybridized carbons (Fsp3) is 0.227. The molecule has 1 aromatic heterocycles. The van der Waals surface area contributed by atoms with E-state index >= 15 is 0 Å². The molecule has 0 saturated carbocycles. The first-order chi connectivity index (χ1) is 13.8. The van der Waals surface area contributed by atoms with E-state index in [-0.39, 0.29) is 5.24 Å². The Labute approximate surface area is 173 Å². The van der Waals surface area contributed by atoms with Crippen LogP contribution in [0.15, 0.2) is 58.6 Å². The lowest BCUT2D eigenvalue weighted by Gasteiger charge is -2.21. The van der Waals surface area contributed by atoms with Crippen LogP contribution in [0.2, 0.25) is 0 Å². The molecule has 0 radical (unpaired) electrons. The van der Waals surface area contributed by atoms with Gasteiger partial charge in [-0.25, -0.2) is 0 Å². The van der Waals surface area contributed by atoms with E-state index in [0.717, 1.165) is 44.3 Å². The lowest BCUT2D eigenvalue weighted by atomic mass is 9.93. The van der Waals surface area contributed by atoms with E-state index in [1.165, 1.54) is 0 Å². The maximum atomic E-state index is 11.6. The number of nitrogens with one attached hydrogen (secondary N) is 1. The van der Waals surface area contributed by atoms with Crippen molar-refractivity contribution in [1.29, 1.82) is 0 Å². The first kappa shape index (κ1) is 19.4. The predicted octanol–water partition coefficient (Wildman–Crippen LogP) is 4.14. The van der Waals surface area contributed by atoms with Gasteiger partial charge in [0.1, 0.15) is 5.84 Å². The minimum atomic E-state index is -0.911. The molecule has 2 N–H and O–H groups in total. The fourth-order valence-corrected chi connectivity index (χ4v) is 4.22. The molecule has 0 spiro atoms. The molecule has 6 nitrogen and oxygen atoms in total. The number of aromatic nitrogens is 2. The average molecular weight is 407 g/mol. The Bertz CT molecular complexity index is 1160. The number of aliphatic imine (C=N–C) groups is 1. The third-order valence-corrected chi connectivity index (χ3v) is 5.58. The Morgan fingerprint density at radius 2 is 2.07 bits per heavy atom. The highest BCUT2D eigenvalue weighted by Crippen LogP contribution is 2.28. The number of hydrogen-bond donors (Lipinski definition) is 2. The Hall–Kier alpha value is -2.90. The summed E-state index contributed by atoms with van der Waals surface area (Å²) in [6.07, 6.45) is 3.95. The van der Waals surface area contributed by atoms with Gasteiger partial charge >= 0.3 is 0 Å². The van der Waals surface area contributed by atoms with Crippen LogP contribution >= 0.6 is 11.8 Å². The molecule has 2 heterocycles. The monoisotopic (exact) mass is 406 g/mol. The van der Waals surface area contributed by atoms with E-state index in [1.807, 2.05) is 59.4 Å². The van der Waals surface area contributed by atoms with Crippen molar-refractivity contribution in [2.45, 2.75) is 26.0 Å². The second-order valence-electron chi connectivity index (χ2n) is 7.46. The zero-order valence-electron chi connectivity index (χ0n) is 16.5. The highest BCUT2D eigenvalue weighted by Gasteiger charge is 2.23. The van der Waals surface area contributed by atoms with Crippen molar-refractivity contribution in [3.63, 3.8) is 0 Å². The summed E-state index contributed by atoms with van der Waals surface area (Å²) >= 11 is 1.15. The van der Waals surface area contributed by atoms with Gasteiger partial charge in [-0.15, -0.1) is 0 Å². The molecule has 29 heavy (non-hydrogen) atoms. The van der Waals surface area contributed by atoms with Crippen molar-refractivity contribution >= 4 is 39.8 Å². The maximum Gasteiger partial charge on any atom is 0.289 e. The van der Waals surface area contributed by atoms with Crippen LogP contribution in [-0.4, -0.2) is 33.0 Å². The van der Waals surface area contributed by atoms with Gasteiger partial charge in [0.2, 0.25) is 0 Å². The molecular formula is C22H22N4O2S. The minimum absolute atomic E-state index is 0.115. The Kier molecular flexibility index (Phi) is 5.02. The quantitative estimate of drug-likeness (QED) is 0.683. The first-order valence-corrected chi connectivity index (χ1v) is 10.1. The molecule has 1 amide bonds. The van der Waals surface area contributed by atoms with Crippen molar-refractivity contribution in [3.05, 3.63) is 70.3 Å². The molecule has 7 heteroatoms. The normalized spacial score (nSPS) is 17.4. The van der Waals surface area contributed by atoms with Crippen LogP contribution in [0.5, 0.6) is 0 Å². The van der Waals surface area contributed by atoms with Gasteiger partial charge in [0.25, 0.3) is 5.24 Å². The third kappa shape index (κ3) is 4.11. The van der Waals surface area contributed by atoms with Gasteiger partial charge in [0.15, 0.2) is 0 Å². The number of nitrogens with zero attached hydrogens (tertiary/aromatic N) is 3. The first-order valence-electron chi connectivity index (χ1n) is 9.29. The minimum Gasteiger partial charge on any atom is -0.386 e. The smallest absolute Gasteiger partial charge is 0.289 e. The number of amidine groups is 1. The highest BCUT2D eigenvalue weighted by molar-refractivity contribution is 8.18. The maximum absolute atomic E-state index is 11.6. The Morgan fingerprint density at radius 1 is 1.28 bits per heavy atom. The van der Waals surface area contributed by atoms with Crippen molar-refractivity contribution in [2.24, 2.45) is 4.99 Å². The molecule has 0 bridgehead atoms. The number of carbonyl (C=O) groups is 1. The lowest BCUT2D eigenvalue weighted by Crippen LogP contribution is -2.19. The molecule has 3 aromatic rings. The number of thioether (sulfide) groups is 1. The Morgan fingerprint density at radius 3 is 2.83 bits per heavy atom. The van der Waals surface area contributed by atoms with Crippen LogP contribution in [0.3, 0.4) is 0 Å². The summed E-state index contributed by atoms with van der Waals surface area (Å²) in [4.78, 5) is 16.5. The number of fused-ring (bicyclic) bond motifs is 1. The number of amides is 1. The Balaban J connectivity index is 1.64. The van der Waals surface area contributed by atoms with Crippen molar-refractivity contribution in [2.75, 3.05) is 7.05 Å². The van der Waals surface area contributed by atoms with Crippen LogP contribution in [0.25, 0.3) is 17.0 Å². The lowest BCUT2D eigenvalue weighted by molar-refractivity contribution is 0.0775. The third-order valence-electron chi connectivity index (χ3n) is 4.76. The second kappa shape index (κ2) is 7.50. The molecule has 1 saturated heterocycles. The number of hydrogen-bond acceptors (Lipinski definition) is 5. The summed E-state index contributed by atoms with van der Waals surface area (Å²) in [5.41, 5.74) is 2.89. The van der Waals surface area contributed by atoms with Crippen LogP contribution < -0.4 is 5.32 Å². The molecule has 2 aromatic carbocycles. The number of benzene rings is 2. The zero-order valence-corrected chi connectivity index (χ0v) is 17.3. The fourth-order valence-electron chi connectivity index (χ4n) is 3.44. The molecule has 148 valence electrons. The van der Waals surface area contributed by atoms with E-state index in [9.17, 15) is 9.90 Å². The van der Waals surface area contributed by atoms with Gasteiger partial charge < -0.3 is 10.4 Å². The summed E-state index contributed by atoms with van der Waals surface area (Å²) in [6.45, 7) is 4.16. The van der Waals surface area contributed by atoms with Gasteiger partial charge in [-0.1, -0.05) is 30.3 Å². The van der Waals surface area contributed by atoms with Crippen molar-refractivity contribution in [3.8, 4) is 0 Å². The van der Waals surface area contributed by atoms with Gasteiger partial charge in [-0.3, -0.25) is 14.5 Å². The van der Waals surface area contributed by atoms with E-state index in [2.05, 4.69) is 15.4 Å². The largest absolute Gasteiger partial charge is 0.386 e. The van der Waals surface area contributed by atoms with Crippen molar-refractivity contribution < 1.29 is 9.90 Å². The van der Waals surface area contributed by atoms with Gasteiger partial charge in [0, 0.05) is 18.6 Å². The van der Waals surface area contributed by atoms with Crippen LogP contribution in [0.4, 0.5) is 4.79 Å². The predicted molar refractivity (Wildman–Crippen MR) is 118 cm³/mol. The molecule has 0 unspecified atom stereocenters. The SMILES string of the molecule is CN=C1NC(=O)S/C1=C\c1ccc2nn(Cc3ccccc3C(C)(C)O)cc2c1. The van der Waals surface area contributed by atoms with Crippen molar-refractivity contribution in [1.82, 2.24) is 15.1 Å². The molecule has 0 aliphatic carbocycles. The number of aliphatic hydroxyl groups is 1. The van der Waals surface area contributed by atoms with Gasteiger partial charge in [0.05, 0.1) is 22.6 Å². The topological polar surface area (TPSA) is 79.5 Å². The molecule has 1 fully saturated rings. The summed E-state index contributed by atoms with van der Waals surface area (Å²) in [7, 11) is 1.66. The highest BCUT2D eigenvalue weighted by atomic mass is 32.2. The van der Waals surface area contributed by atoms with Crippen LogP contribution in [0, 0.1) is 0 Å². The molecule has 4 rings (SSSR count). The summed E-state index contributed by atoms with van der Waals surface area (Å²) < 4.78 is 1.89. The summed E-state index contributed by atoms with van der Waals surface area (Å²) in [5, 5.41) is 18.7. The average Bonchev–Trinajstić information content (AvgIpc) is 3.23. The number of rotatable bonds is 4. The molecular weight excluding hydrogens is 384 g/mol. The van der Waals surface area contributed by atoms with E-state index in [0.29, 0.717) is 12.4 Å². The van der Waals surface area contributed by atoms with Gasteiger partial charge in [-0.2, -0.15) is 5.10 Å². The van der Waals surface area contributed by atoms with E-state index in [4.69, 9.17) is 0 Å². The standard InChI is InChI=1S/C22H22N4O2S/c1-22(2,28)17-7-5-4-6-15(17)12-26-13-16-10-14(8-9-18(16)25-26)11-19-20(23-3)24-21(27)29-19/h4-11,13,28H,12H2,1-3H3,(H,23,24,27)/b19-11-. The van der Waals surface area contributed by atoms with Crippen LogP contribution in [-0.2, 0) is 12.1 Å². The second-order valence-corrected chi connectivity index (χ2v) is 8.47. The molecule has 1 aliphatic rings. The van der Waals surface area contributed by atoms with Crippen LogP contribution in [0.1, 0.15) is 30.5 Å². The van der Waals surface area contributed by atoms with E-state index < -0.39 is 5.60 Å². The zero-order chi connectivity index (χ0) is 20.6. The number of carbonyl (C=O) groups excluding carboxylic acids is 1. The summed E-state index contributed by atoms with van der Waals surface area (Å²) in [5.74, 6) is 0.596. The summed E-state index contributed by atoms with van der Waals surface area (Å²) in [6, 6.07) is 13.9.